The molecule has 1 rings (SSSR count). The Bertz CT molecular complexity index is 557. The predicted molar refractivity (Wildman–Crippen MR) is 75.6 cm³/mol. The lowest BCUT2D eigenvalue weighted by molar-refractivity contribution is -0.113. The Morgan fingerprint density at radius 1 is 1.42 bits per heavy atom. The highest BCUT2D eigenvalue weighted by Gasteiger charge is 2.16. The fourth-order valence-corrected chi connectivity index (χ4v) is 2.95. The zero-order valence-corrected chi connectivity index (χ0v) is 12.3. The molecule has 0 aliphatic carbocycles. The monoisotopic (exact) mass is 305 g/mol. The molecule has 0 saturated carbocycles. The summed E-state index contributed by atoms with van der Waals surface area (Å²) in [5, 5.41) is 2.76. The van der Waals surface area contributed by atoms with E-state index in [0.29, 0.717) is 22.9 Å². The molecule has 1 N–H and O–H groups in total. The molecule has 1 aromatic carbocycles. The molecule has 0 spiro atoms. The number of ether oxygens (including phenoxy) is 1. The maximum Gasteiger partial charge on any atom is 0.239 e. The lowest BCUT2D eigenvalue weighted by atomic mass is 10.3. The van der Waals surface area contributed by atoms with Gasteiger partial charge in [0.15, 0.2) is 9.84 Å². The zero-order chi connectivity index (χ0) is 14.5. The van der Waals surface area contributed by atoms with Crippen LogP contribution in [-0.2, 0) is 14.6 Å². The summed E-state index contributed by atoms with van der Waals surface area (Å²) in [5.74, 6) is -0.581. The van der Waals surface area contributed by atoms with E-state index >= 15 is 0 Å². The van der Waals surface area contributed by atoms with Gasteiger partial charge < -0.3 is 10.1 Å². The quantitative estimate of drug-likeness (QED) is 0.873. The van der Waals surface area contributed by atoms with Crippen LogP contribution < -0.4 is 10.1 Å². The number of carbonyl (C=O) groups excluding carboxylic acids is 1. The van der Waals surface area contributed by atoms with Crippen molar-refractivity contribution in [3.05, 3.63) is 23.2 Å². The van der Waals surface area contributed by atoms with Crippen LogP contribution in [0, 0.1) is 0 Å². The first-order valence-electron chi connectivity index (χ1n) is 5.71. The van der Waals surface area contributed by atoms with E-state index in [2.05, 4.69) is 5.32 Å². The summed E-state index contributed by atoms with van der Waals surface area (Å²) in [6.07, 6.45) is 0.485. The van der Waals surface area contributed by atoms with Gasteiger partial charge in [0.1, 0.15) is 11.5 Å². The molecule has 0 saturated heterocycles. The second-order valence-electron chi connectivity index (χ2n) is 3.99. The third kappa shape index (κ3) is 5.08. The molecule has 7 heteroatoms. The SMILES string of the molecule is CCCS(=O)(=O)CC(=O)Nc1ccc(OC)cc1Cl. The minimum absolute atomic E-state index is 0.00321. The van der Waals surface area contributed by atoms with Gasteiger partial charge in [-0.25, -0.2) is 8.42 Å². The van der Waals surface area contributed by atoms with E-state index in [9.17, 15) is 13.2 Å². The van der Waals surface area contributed by atoms with Crippen molar-refractivity contribution in [2.75, 3.05) is 23.9 Å². The van der Waals surface area contributed by atoms with Crippen LogP contribution in [0.25, 0.3) is 0 Å². The van der Waals surface area contributed by atoms with Gasteiger partial charge in [0.05, 0.1) is 23.6 Å². The number of anilines is 1. The number of hydrogen-bond acceptors (Lipinski definition) is 4. The molecule has 0 heterocycles. The fraction of sp³-hybridized carbons (Fsp3) is 0.417. The van der Waals surface area contributed by atoms with Gasteiger partial charge in [-0.3, -0.25) is 4.79 Å². The van der Waals surface area contributed by atoms with Crippen LogP contribution in [0.4, 0.5) is 5.69 Å². The first-order chi connectivity index (χ1) is 8.88. The molecule has 0 fully saturated rings. The molecule has 0 radical (unpaired) electrons. The van der Waals surface area contributed by atoms with Crippen molar-refractivity contribution in [3.8, 4) is 5.75 Å². The molecule has 5 nitrogen and oxygen atoms in total. The van der Waals surface area contributed by atoms with Gasteiger partial charge in [0.2, 0.25) is 5.91 Å². The summed E-state index contributed by atoms with van der Waals surface area (Å²) in [6, 6.07) is 4.73. The van der Waals surface area contributed by atoms with Crippen molar-refractivity contribution in [2.45, 2.75) is 13.3 Å². The maximum atomic E-state index is 11.6. The van der Waals surface area contributed by atoms with Crippen LogP contribution in [0.2, 0.25) is 5.02 Å². The van der Waals surface area contributed by atoms with Crippen LogP contribution >= 0.6 is 11.6 Å². The lowest BCUT2D eigenvalue weighted by Gasteiger charge is -2.08. The number of benzene rings is 1. The lowest BCUT2D eigenvalue weighted by Crippen LogP contribution is -2.24. The standard InChI is InChI=1S/C12H16ClNO4S/c1-3-6-19(16,17)8-12(15)14-11-5-4-9(18-2)7-10(11)13/h4-5,7H,3,6,8H2,1-2H3,(H,14,15). The van der Waals surface area contributed by atoms with Crippen molar-refractivity contribution in [1.82, 2.24) is 0 Å². The topological polar surface area (TPSA) is 72.5 Å². The van der Waals surface area contributed by atoms with E-state index in [1.54, 1.807) is 19.1 Å². The van der Waals surface area contributed by atoms with Crippen LogP contribution in [0.15, 0.2) is 18.2 Å². The molecule has 106 valence electrons. The van der Waals surface area contributed by atoms with Crippen LogP contribution in [0.3, 0.4) is 0 Å². The molecule has 0 aliphatic rings. The molecule has 19 heavy (non-hydrogen) atoms. The Labute approximate surface area is 117 Å². The molecular weight excluding hydrogens is 290 g/mol. The molecule has 0 unspecified atom stereocenters. The van der Waals surface area contributed by atoms with Gasteiger partial charge >= 0.3 is 0 Å². The third-order valence-corrected chi connectivity index (χ3v) is 4.36. The highest BCUT2D eigenvalue weighted by molar-refractivity contribution is 7.92. The molecule has 0 atom stereocenters. The first-order valence-corrected chi connectivity index (χ1v) is 7.91. The minimum Gasteiger partial charge on any atom is -0.497 e. The summed E-state index contributed by atoms with van der Waals surface area (Å²) in [4.78, 5) is 11.6. The summed E-state index contributed by atoms with van der Waals surface area (Å²) in [7, 11) is -1.86. The largest absolute Gasteiger partial charge is 0.497 e. The molecule has 1 aromatic rings. The highest BCUT2D eigenvalue weighted by Crippen LogP contribution is 2.26. The Morgan fingerprint density at radius 3 is 2.63 bits per heavy atom. The van der Waals surface area contributed by atoms with Gasteiger partial charge in [-0.15, -0.1) is 0 Å². The Morgan fingerprint density at radius 2 is 2.11 bits per heavy atom. The second-order valence-corrected chi connectivity index (χ2v) is 6.58. The van der Waals surface area contributed by atoms with E-state index < -0.39 is 21.5 Å². The van der Waals surface area contributed by atoms with Crippen molar-refractivity contribution in [2.24, 2.45) is 0 Å². The summed E-state index contributed by atoms with van der Waals surface area (Å²) in [5.41, 5.74) is 0.360. The van der Waals surface area contributed by atoms with E-state index in [1.807, 2.05) is 0 Å². The Kier molecular flexibility index (Phi) is 5.62. The maximum absolute atomic E-state index is 11.6. The van der Waals surface area contributed by atoms with Crippen molar-refractivity contribution < 1.29 is 17.9 Å². The number of carbonyl (C=O) groups is 1. The summed E-state index contributed by atoms with van der Waals surface area (Å²) < 4.78 is 28.0. The average molecular weight is 306 g/mol. The van der Waals surface area contributed by atoms with Crippen molar-refractivity contribution >= 4 is 33.0 Å². The molecule has 1 amide bonds. The van der Waals surface area contributed by atoms with Gasteiger partial charge in [0, 0.05) is 6.07 Å². The van der Waals surface area contributed by atoms with Gasteiger partial charge in [-0.1, -0.05) is 18.5 Å². The van der Waals surface area contributed by atoms with E-state index in [0.717, 1.165) is 0 Å². The van der Waals surface area contributed by atoms with Crippen molar-refractivity contribution in [1.29, 1.82) is 0 Å². The van der Waals surface area contributed by atoms with E-state index in [1.165, 1.54) is 13.2 Å². The van der Waals surface area contributed by atoms with Crippen molar-refractivity contribution in [3.63, 3.8) is 0 Å². The average Bonchev–Trinajstić information content (AvgIpc) is 2.30. The predicted octanol–water partition coefficient (Wildman–Crippen LogP) is 2.11. The molecule has 0 bridgehead atoms. The Hall–Kier alpha value is -1.27. The number of nitrogens with one attached hydrogen (secondary N) is 1. The number of hydrogen-bond donors (Lipinski definition) is 1. The number of amides is 1. The van der Waals surface area contributed by atoms with Crippen LogP contribution in [0.5, 0.6) is 5.75 Å². The zero-order valence-electron chi connectivity index (χ0n) is 10.8. The highest BCUT2D eigenvalue weighted by atomic mass is 35.5. The number of halogens is 1. The summed E-state index contributed by atoms with van der Waals surface area (Å²) in [6.45, 7) is 1.75. The van der Waals surface area contributed by atoms with Gasteiger partial charge in [-0.05, 0) is 18.6 Å². The Balaban J connectivity index is 2.72. The first kappa shape index (κ1) is 15.8. The molecule has 0 aromatic heterocycles. The van der Waals surface area contributed by atoms with Gasteiger partial charge in [-0.2, -0.15) is 0 Å². The van der Waals surface area contributed by atoms with E-state index in [-0.39, 0.29) is 5.75 Å². The van der Waals surface area contributed by atoms with Crippen LogP contribution in [0.1, 0.15) is 13.3 Å². The van der Waals surface area contributed by atoms with Crippen LogP contribution in [-0.4, -0.2) is 32.9 Å². The summed E-state index contributed by atoms with van der Waals surface area (Å²) >= 11 is 5.94. The normalized spacial score (nSPS) is 11.1. The number of rotatable bonds is 6. The van der Waals surface area contributed by atoms with E-state index in [4.69, 9.17) is 16.3 Å². The second kappa shape index (κ2) is 6.77. The minimum atomic E-state index is -3.36. The third-order valence-electron chi connectivity index (χ3n) is 2.32. The molecular formula is C12H16ClNO4S. The number of sulfone groups is 1. The smallest absolute Gasteiger partial charge is 0.239 e. The molecule has 0 aliphatic heterocycles. The fourth-order valence-electron chi connectivity index (χ4n) is 1.49. The van der Waals surface area contributed by atoms with Gasteiger partial charge in [0.25, 0.3) is 0 Å². The number of methoxy groups -OCH3 is 1.